The Morgan fingerprint density at radius 2 is 2.33 bits per heavy atom. The molecule has 1 aromatic carbocycles. The molecule has 0 bridgehead atoms. The van der Waals surface area contributed by atoms with Crippen LogP contribution in [0.5, 0.6) is 0 Å². The minimum absolute atomic E-state index is 0.268. The molecule has 2 heterocycles. The number of aromatic nitrogens is 3. The van der Waals surface area contributed by atoms with E-state index in [1.54, 1.807) is 17.4 Å². The lowest BCUT2D eigenvalue weighted by Gasteiger charge is -1.98. The topological polar surface area (TPSA) is 53.6 Å². The Hall–Kier alpha value is -1.95. The number of anilines is 1. The van der Waals surface area contributed by atoms with Crippen molar-refractivity contribution in [3.63, 3.8) is 0 Å². The van der Waals surface area contributed by atoms with Gasteiger partial charge >= 0.3 is 0 Å². The first-order valence-corrected chi connectivity index (χ1v) is 6.33. The van der Waals surface area contributed by atoms with Gasteiger partial charge in [-0.2, -0.15) is 0 Å². The zero-order chi connectivity index (χ0) is 12.5. The van der Waals surface area contributed by atoms with Crippen molar-refractivity contribution in [2.45, 2.75) is 13.5 Å². The largest absolute Gasteiger partial charge is 0.351 e. The molecule has 0 radical (unpaired) electrons. The Labute approximate surface area is 107 Å². The van der Waals surface area contributed by atoms with Gasteiger partial charge in [-0.05, 0) is 25.1 Å². The zero-order valence-electron chi connectivity index (χ0n) is 9.70. The highest BCUT2D eigenvalue weighted by Crippen LogP contribution is 2.17. The predicted octanol–water partition coefficient (Wildman–Crippen LogP) is 3.08. The summed E-state index contributed by atoms with van der Waals surface area (Å²) in [5, 5.41) is 4.20. The van der Waals surface area contributed by atoms with Gasteiger partial charge in [-0.1, -0.05) is 0 Å². The van der Waals surface area contributed by atoms with Crippen molar-refractivity contribution >= 4 is 28.3 Å². The summed E-state index contributed by atoms with van der Waals surface area (Å²) in [5.41, 5.74) is 1.44. The maximum atomic E-state index is 13.0. The second-order valence-corrected chi connectivity index (χ2v) is 5.27. The number of nitrogens with one attached hydrogen (secondary N) is 2. The van der Waals surface area contributed by atoms with Crippen LogP contribution in [0.25, 0.3) is 11.0 Å². The highest BCUT2D eigenvalue weighted by molar-refractivity contribution is 7.11. The molecule has 0 atom stereocenters. The van der Waals surface area contributed by atoms with Crippen LogP contribution >= 0.6 is 11.3 Å². The minimum atomic E-state index is -0.268. The lowest BCUT2D eigenvalue weighted by Crippen LogP contribution is -1.98. The summed E-state index contributed by atoms with van der Waals surface area (Å²) < 4.78 is 13.0. The molecule has 0 fully saturated rings. The quantitative estimate of drug-likeness (QED) is 0.762. The van der Waals surface area contributed by atoms with Crippen molar-refractivity contribution in [3.05, 3.63) is 40.1 Å². The average Bonchev–Trinajstić information content (AvgIpc) is 2.92. The summed E-state index contributed by atoms with van der Waals surface area (Å²) in [6.07, 6.45) is 1.84. The molecule has 92 valence electrons. The highest BCUT2D eigenvalue weighted by atomic mass is 32.1. The molecule has 2 aromatic heterocycles. The average molecular weight is 262 g/mol. The number of halogens is 1. The lowest BCUT2D eigenvalue weighted by atomic mass is 10.3. The number of benzene rings is 1. The lowest BCUT2D eigenvalue weighted by molar-refractivity contribution is 0.629. The van der Waals surface area contributed by atoms with Crippen LogP contribution in [0.3, 0.4) is 0 Å². The van der Waals surface area contributed by atoms with E-state index in [9.17, 15) is 4.39 Å². The Kier molecular flexibility index (Phi) is 2.71. The molecule has 3 rings (SSSR count). The van der Waals surface area contributed by atoms with Crippen LogP contribution in [-0.2, 0) is 6.54 Å². The third kappa shape index (κ3) is 2.19. The Morgan fingerprint density at radius 3 is 3.11 bits per heavy atom. The van der Waals surface area contributed by atoms with Crippen LogP contribution in [0, 0.1) is 12.7 Å². The van der Waals surface area contributed by atoms with Gasteiger partial charge in [0, 0.05) is 11.1 Å². The first-order valence-electron chi connectivity index (χ1n) is 5.51. The van der Waals surface area contributed by atoms with Gasteiger partial charge < -0.3 is 10.3 Å². The van der Waals surface area contributed by atoms with E-state index in [0.29, 0.717) is 18.0 Å². The number of aromatic amines is 1. The smallest absolute Gasteiger partial charge is 0.201 e. The fraction of sp³-hybridized carbons (Fsp3) is 0.167. The molecule has 0 aliphatic carbocycles. The number of thiazole rings is 1. The van der Waals surface area contributed by atoms with Crippen molar-refractivity contribution in [2.75, 3.05) is 5.32 Å². The van der Waals surface area contributed by atoms with Gasteiger partial charge in [0.05, 0.1) is 22.6 Å². The van der Waals surface area contributed by atoms with Gasteiger partial charge in [0.15, 0.2) is 0 Å². The number of imidazole rings is 1. The maximum Gasteiger partial charge on any atom is 0.201 e. The van der Waals surface area contributed by atoms with E-state index in [1.165, 1.54) is 12.1 Å². The van der Waals surface area contributed by atoms with Gasteiger partial charge in [0.2, 0.25) is 5.95 Å². The van der Waals surface area contributed by atoms with E-state index in [-0.39, 0.29) is 5.82 Å². The summed E-state index contributed by atoms with van der Waals surface area (Å²) in [5.74, 6) is 0.373. The predicted molar refractivity (Wildman–Crippen MR) is 70.2 cm³/mol. The van der Waals surface area contributed by atoms with Crippen LogP contribution in [0.4, 0.5) is 10.3 Å². The Bertz CT molecular complexity index is 688. The van der Waals surface area contributed by atoms with Gasteiger partial charge in [0.25, 0.3) is 0 Å². The number of fused-ring (bicyclic) bond motifs is 1. The van der Waals surface area contributed by atoms with E-state index >= 15 is 0 Å². The Morgan fingerprint density at radius 1 is 1.44 bits per heavy atom. The van der Waals surface area contributed by atoms with E-state index < -0.39 is 0 Å². The molecule has 0 aliphatic rings. The van der Waals surface area contributed by atoms with Gasteiger partial charge in [-0.25, -0.2) is 14.4 Å². The van der Waals surface area contributed by atoms with Gasteiger partial charge in [-0.3, -0.25) is 0 Å². The van der Waals surface area contributed by atoms with Crippen LogP contribution in [0.1, 0.15) is 9.88 Å². The molecular weight excluding hydrogens is 251 g/mol. The second kappa shape index (κ2) is 4.38. The number of rotatable bonds is 3. The SMILES string of the molecule is Cc1ncc(CNc2nc3ccc(F)cc3[nH]2)s1. The summed E-state index contributed by atoms with van der Waals surface area (Å²) in [7, 11) is 0. The van der Waals surface area contributed by atoms with Crippen molar-refractivity contribution in [3.8, 4) is 0 Å². The van der Waals surface area contributed by atoms with Crippen molar-refractivity contribution in [1.82, 2.24) is 15.0 Å². The molecule has 3 aromatic rings. The fourth-order valence-electron chi connectivity index (χ4n) is 1.72. The van der Waals surface area contributed by atoms with E-state index in [0.717, 1.165) is 15.4 Å². The summed E-state index contributed by atoms with van der Waals surface area (Å²) >= 11 is 1.64. The standard InChI is InChI=1S/C12H11FN4S/c1-7-14-5-9(18-7)6-15-12-16-10-3-2-8(13)4-11(10)17-12/h2-5H,6H2,1H3,(H2,15,16,17). The third-order valence-electron chi connectivity index (χ3n) is 2.54. The van der Waals surface area contributed by atoms with Crippen molar-refractivity contribution < 1.29 is 4.39 Å². The number of nitrogens with zero attached hydrogens (tertiary/aromatic N) is 2. The van der Waals surface area contributed by atoms with E-state index in [1.807, 2.05) is 13.1 Å². The summed E-state index contributed by atoms with van der Waals surface area (Å²) in [4.78, 5) is 12.7. The molecule has 0 saturated carbocycles. The molecule has 0 saturated heterocycles. The molecule has 6 heteroatoms. The molecule has 18 heavy (non-hydrogen) atoms. The highest BCUT2D eigenvalue weighted by Gasteiger charge is 2.04. The Balaban J connectivity index is 1.78. The number of aryl methyl sites for hydroxylation is 1. The first kappa shape index (κ1) is 11.2. The zero-order valence-corrected chi connectivity index (χ0v) is 10.5. The van der Waals surface area contributed by atoms with Gasteiger partial charge in [-0.15, -0.1) is 11.3 Å². The van der Waals surface area contributed by atoms with Crippen LogP contribution in [0.2, 0.25) is 0 Å². The molecular formula is C12H11FN4S. The molecule has 4 nitrogen and oxygen atoms in total. The third-order valence-corrected chi connectivity index (χ3v) is 3.46. The molecule has 2 N–H and O–H groups in total. The maximum absolute atomic E-state index is 13.0. The minimum Gasteiger partial charge on any atom is -0.351 e. The summed E-state index contributed by atoms with van der Waals surface area (Å²) in [6, 6.07) is 4.49. The normalized spacial score (nSPS) is 11.0. The first-order chi connectivity index (χ1) is 8.70. The molecule has 0 amide bonds. The van der Waals surface area contributed by atoms with Crippen LogP contribution in [-0.4, -0.2) is 15.0 Å². The summed E-state index contributed by atoms with van der Waals surface area (Å²) in [6.45, 7) is 2.63. The van der Waals surface area contributed by atoms with Crippen LogP contribution in [0.15, 0.2) is 24.4 Å². The second-order valence-electron chi connectivity index (χ2n) is 3.95. The number of hydrogen-bond acceptors (Lipinski definition) is 4. The van der Waals surface area contributed by atoms with Crippen LogP contribution < -0.4 is 5.32 Å². The molecule has 0 aliphatic heterocycles. The van der Waals surface area contributed by atoms with E-state index in [4.69, 9.17) is 0 Å². The van der Waals surface area contributed by atoms with E-state index in [2.05, 4.69) is 20.3 Å². The monoisotopic (exact) mass is 262 g/mol. The molecule has 0 spiro atoms. The number of H-pyrrole nitrogens is 1. The number of hydrogen-bond donors (Lipinski definition) is 2. The fourth-order valence-corrected chi connectivity index (χ4v) is 2.46. The van der Waals surface area contributed by atoms with Gasteiger partial charge in [0.1, 0.15) is 5.82 Å². The molecule has 0 unspecified atom stereocenters. The van der Waals surface area contributed by atoms with Crippen molar-refractivity contribution in [1.29, 1.82) is 0 Å². The van der Waals surface area contributed by atoms with Crippen molar-refractivity contribution in [2.24, 2.45) is 0 Å².